The van der Waals surface area contributed by atoms with Gasteiger partial charge in [-0.2, -0.15) is 4.57 Å². The molecular weight excluding hydrogens is 400 g/mol. The third-order valence-electron chi connectivity index (χ3n) is 7.05. The van der Waals surface area contributed by atoms with Crippen LogP contribution >= 0.6 is 0 Å². The predicted octanol–water partition coefficient (Wildman–Crippen LogP) is 9.37. The van der Waals surface area contributed by atoms with Crippen LogP contribution in [-0.4, -0.2) is 4.57 Å². The Bertz CT molecular complexity index is 688. The van der Waals surface area contributed by atoms with E-state index in [0.29, 0.717) is 0 Å². The van der Waals surface area contributed by atoms with Crippen LogP contribution in [-0.2, 0) is 13.0 Å². The van der Waals surface area contributed by atoms with Gasteiger partial charge >= 0.3 is 0 Å². The summed E-state index contributed by atoms with van der Waals surface area (Å²) in [6, 6.07) is 10.8. The van der Waals surface area contributed by atoms with E-state index in [9.17, 15) is 0 Å². The van der Waals surface area contributed by atoms with E-state index in [4.69, 9.17) is 0 Å². The fourth-order valence-corrected chi connectivity index (χ4v) is 4.91. The number of rotatable bonds is 21. The largest absolute Gasteiger partial charge is 0.261 e. The second kappa shape index (κ2) is 18.8. The molecule has 2 aromatic rings. The van der Waals surface area contributed by atoms with Gasteiger partial charge < -0.3 is 0 Å². The van der Waals surface area contributed by atoms with Crippen molar-refractivity contribution in [1.82, 2.24) is 4.57 Å². The van der Waals surface area contributed by atoms with Crippen LogP contribution in [0.5, 0.6) is 0 Å². The van der Waals surface area contributed by atoms with Crippen LogP contribution in [0.2, 0.25) is 0 Å². The summed E-state index contributed by atoms with van der Waals surface area (Å²) in [6.45, 7) is 5.75. The average molecular weight is 454 g/mol. The van der Waals surface area contributed by atoms with Crippen LogP contribution in [0.1, 0.15) is 135 Å². The molecule has 0 aliphatic carbocycles. The third kappa shape index (κ3) is 11.9. The molecular formula is C31H53N2+. The molecule has 0 fully saturated rings. The van der Waals surface area contributed by atoms with Crippen molar-refractivity contribution < 1.29 is 4.57 Å². The zero-order chi connectivity index (χ0) is 23.4. The van der Waals surface area contributed by atoms with Gasteiger partial charge in [-0.1, -0.05) is 128 Å². The second-order valence-corrected chi connectivity index (χ2v) is 10.0. The first-order valence-electron chi connectivity index (χ1n) is 14.5. The SMILES string of the molecule is CCCCCCCCCCCCCCCCCC[n+]1ccn(-c2ccccc2)c1CCCC. The van der Waals surface area contributed by atoms with E-state index < -0.39 is 0 Å². The summed E-state index contributed by atoms with van der Waals surface area (Å²) in [5.41, 5.74) is 1.29. The molecule has 2 rings (SSSR count). The number of hydrogen-bond acceptors (Lipinski definition) is 0. The van der Waals surface area contributed by atoms with Crippen molar-refractivity contribution in [2.24, 2.45) is 0 Å². The lowest BCUT2D eigenvalue weighted by molar-refractivity contribution is -0.704. The van der Waals surface area contributed by atoms with E-state index in [1.54, 1.807) is 0 Å². The molecule has 0 atom stereocenters. The third-order valence-corrected chi connectivity index (χ3v) is 7.05. The highest BCUT2D eigenvalue weighted by atomic mass is 15.1. The van der Waals surface area contributed by atoms with Crippen molar-refractivity contribution in [1.29, 1.82) is 0 Å². The number of benzene rings is 1. The number of aromatic nitrogens is 2. The highest BCUT2D eigenvalue weighted by molar-refractivity contribution is 5.31. The number of hydrogen-bond donors (Lipinski definition) is 0. The molecule has 0 radical (unpaired) electrons. The van der Waals surface area contributed by atoms with Gasteiger partial charge in [0.25, 0.3) is 5.82 Å². The van der Waals surface area contributed by atoms with E-state index in [2.05, 4.69) is 65.7 Å². The van der Waals surface area contributed by atoms with E-state index >= 15 is 0 Å². The summed E-state index contributed by atoms with van der Waals surface area (Å²) in [4.78, 5) is 0. The number of aryl methyl sites for hydroxylation is 1. The first-order chi connectivity index (χ1) is 16.4. The number of unbranched alkanes of at least 4 members (excludes halogenated alkanes) is 16. The van der Waals surface area contributed by atoms with E-state index in [1.165, 1.54) is 127 Å². The van der Waals surface area contributed by atoms with E-state index in [1.807, 2.05) is 0 Å². The summed E-state index contributed by atoms with van der Waals surface area (Å²) in [5, 5.41) is 0. The van der Waals surface area contributed by atoms with E-state index in [-0.39, 0.29) is 0 Å². The fraction of sp³-hybridized carbons (Fsp3) is 0.710. The molecule has 0 N–H and O–H groups in total. The van der Waals surface area contributed by atoms with Gasteiger partial charge in [-0.25, -0.2) is 4.57 Å². The lowest BCUT2D eigenvalue weighted by atomic mass is 10.0. The fourth-order valence-electron chi connectivity index (χ4n) is 4.91. The molecule has 0 saturated heterocycles. The molecule has 0 saturated carbocycles. The maximum atomic E-state index is 2.51. The maximum Gasteiger partial charge on any atom is 0.261 e. The smallest absolute Gasteiger partial charge is 0.234 e. The van der Waals surface area contributed by atoms with Gasteiger partial charge in [-0.3, -0.25) is 0 Å². The van der Waals surface area contributed by atoms with Gasteiger partial charge in [0.05, 0.1) is 6.54 Å². The molecule has 1 heterocycles. The second-order valence-electron chi connectivity index (χ2n) is 10.0. The molecule has 0 aliphatic rings. The first-order valence-corrected chi connectivity index (χ1v) is 14.5. The summed E-state index contributed by atoms with van der Waals surface area (Å²) < 4.78 is 4.90. The quantitative estimate of drug-likeness (QED) is 0.131. The Balaban J connectivity index is 1.51. The molecule has 1 aromatic heterocycles. The Labute approximate surface area is 205 Å². The molecule has 0 unspecified atom stereocenters. The Morgan fingerprint density at radius 3 is 1.58 bits per heavy atom. The van der Waals surface area contributed by atoms with Crippen molar-refractivity contribution in [2.45, 2.75) is 142 Å². The summed E-state index contributed by atoms with van der Waals surface area (Å²) in [5.74, 6) is 1.46. The Morgan fingerprint density at radius 2 is 1.06 bits per heavy atom. The van der Waals surface area contributed by atoms with Gasteiger partial charge in [0.15, 0.2) is 0 Å². The van der Waals surface area contributed by atoms with Crippen molar-refractivity contribution in [3.8, 4) is 5.69 Å². The van der Waals surface area contributed by atoms with Crippen molar-refractivity contribution >= 4 is 0 Å². The predicted molar refractivity (Wildman–Crippen MR) is 144 cm³/mol. The number of imidazole rings is 1. The lowest BCUT2D eigenvalue weighted by Crippen LogP contribution is -2.37. The molecule has 33 heavy (non-hydrogen) atoms. The molecule has 0 amide bonds. The highest BCUT2D eigenvalue weighted by Gasteiger charge is 2.17. The summed E-state index contributed by atoms with van der Waals surface area (Å²) in [6.07, 6.45) is 31.1. The van der Waals surface area contributed by atoms with Crippen LogP contribution in [0, 0.1) is 0 Å². The van der Waals surface area contributed by atoms with Gasteiger partial charge in [0, 0.05) is 6.42 Å². The van der Waals surface area contributed by atoms with Crippen molar-refractivity contribution in [2.75, 3.05) is 0 Å². The summed E-state index contributed by atoms with van der Waals surface area (Å²) >= 11 is 0. The first kappa shape index (κ1) is 27.7. The van der Waals surface area contributed by atoms with Gasteiger partial charge in [-0.05, 0) is 31.4 Å². The van der Waals surface area contributed by atoms with Gasteiger partial charge in [-0.15, -0.1) is 0 Å². The number of para-hydroxylation sites is 1. The van der Waals surface area contributed by atoms with Crippen molar-refractivity contribution in [3.63, 3.8) is 0 Å². The average Bonchev–Trinajstić information content (AvgIpc) is 3.25. The van der Waals surface area contributed by atoms with Crippen LogP contribution < -0.4 is 4.57 Å². The van der Waals surface area contributed by atoms with Crippen molar-refractivity contribution in [3.05, 3.63) is 48.5 Å². The van der Waals surface area contributed by atoms with Crippen LogP contribution in [0.15, 0.2) is 42.7 Å². The monoisotopic (exact) mass is 453 g/mol. The topological polar surface area (TPSA) is 8.81 Å². The molecule has 0 spiro atoms. The van der Waals surface area contributed by atoms with Crippen LogP contribution in [0.4, 0.5) is 0 Å². The van der Waals surface area contributed by atoms with Crippen LogP contribution in [0.3, 0.4) is 0 Å². The highest BCUT2D eigenvalue weighted by Crippen LogP contribution is 2.15. The minimum absolute atomic E-state index is 1.16. The molecule has 0 bridgehead atoms. The van der Waals surface area contributed by atoms with Crippen LogP contribution in [0.25, 0.3) is 5.69 Å². The molecule has 2 heteroatoms. The Kier molecular flexibility index (Phi) is 15.8. The normalized spacial score (nSPS) is 11.3. The molecule has 0 aliphatic heterocycles. The Morgan fingerprint density at radius 1 is 0.576 bits per heavy atom. The standard InChI is InChI=1S/C31H53N2/c1-3-5-7-8-9-10-11-12-13-14-15-16-17-18-19-23-27-32-28-29-33(31(32)26-6-4-2)30-24-21-20-22-25-30/h20-22,24-25,28-29H,3-19,23,26-27H2,1-2H3/q+1. The zero-order valence-corrected chi connectivity index (χ0v) is 22.1. The molecule has 1 aromatic carbocycles. The molecule has 186 valence electrons. The maximum absolute atomic E-state index is 2.51. The zero-order valence-electron chi connectivity index (χ0n) is 22.1. The minimum Gasteiger partial charge on any atom is -0.234 e. The minimum atomic E-state index is 1.16. The summed E-state index contributed by atoms with van der Waals surface area (Å²) in [7, 11) is 0. The lowest BCUT2D eigenvalue weighted by Gasteiger charge is -2.06. The molecule has 2 nitrogen and oxygen atoms in total. The van der Waals surface area contributed by atoms with E-state index in [0.717, 1.165) is 13.0 Å². The van der Waals surface area contributed by atoms with Gasteiger partial charge in [0.1, 0.15) is 18.1 Å². The number of nitrogens with zero attached hydrogens (tertiary/aromatic N) is 2. The van der Waals surface area contributed by atoms with Gasteiger partial charge in [0.2, 0.25) is 0 Å². The Hall–Kier alpha value is -1.57.